The fourth-order valence-electron chi connectivity index (χ4n) is 7.39. The van der Waals surface area contributed by atoms with Crippen LogP contribution in [0.15, 0.2) is 0 Å². The zero-order valence-electron chi connectivity index (χ0n) is 24.2. The highest BCUT2D eigenvalue weighted by atomic mass is 19.1. The van der Waals surface area contributed by atoms with Gasteiger partial charge in [-0.3, -0.25) is 0 Å². The minimum absolute atomic E-state index is 0.283. The van der Waals surface area contributed by atoms with Gasteiger partial charge < -0.3 is 0 Å². The molecule has 0 aromatic heterocycles. The molecule has 3 saturated carbocycles. The van der Waals surface area contributed by atoms with E-state index in [1.165, 1.54) is 89.9 Å². The summed E-state index contributed by atoms with van der Waals surface area (Å²) < 4.78 is 14.4. The first kappa shape index (κ1) is 31.0. The van der Waals surface area contributed by atoms with Crippen molar-refractivity contribution in [1.29, 1.82) is 0 Å². The van der Waals surface area contributed by atoms with Crippen molar-refractivity contribution in [3.8, 4) is 0 Å². The zero-order chi connectivity index (χ0) is 24.8. The maximum Gasteiger partial charge on any atom is 0.103 e. The van der Waals surface area contributed by atoms with E-state index in [-0.39, 0.29) is 5.92 Å². The van der Waals surface area contributed by atoms with Crippen molar-refractivity contribution >= 4 is 0 Å². The molecule has 0 bridgehead atoms. The summed E-state index contributed by atoms with van der Waals surface area (Å²) in [5, 5.41) is 0. The molecule has 3 aliphatic carbocycles. The van der Waals surface area contributed by atoms with Gasteiger partial charge >= 0.3 is 0 Å². The average Bonchev–Trinajstić information content (AvgIpc) is 2.85. The Labute approximate surface area is 209 Å². The van der Waals surface area contributed by atoms with Gasteiger partial charge in [-0.2, -0.15) is 0 Å². The second-order valence-corrected chi connectivity index (χ2v) is 11.9. The Balaban J connectivity index is 0.00000129. The van der Waals surface area contributed by atoms with Crippen LogP contribution in [0.1, 0.15) is 152 Å². The number of hydrogen-bond donors (Lipinski definition) is 0. The lowest BCUT2D eigenvalue weighted by Gasteiger charge is -2.41. The van der Waals surface area contributed by atoms with Crippen molar-refractivity contribution < 1.29 is 4.39 Å². The number of alkyl halides is 1. The van der Waals surface area contributed by atoms with Crippen LogP contribution < -0.4 is 0 Å². The lowest BCUT2D eigenvalue weighted by Crippen LogP contribution is -2.35. The molecule has 0 spiro atoms. The predicted molar refractivity (Wildman–Crippen MR) is 147 cm³/mol. The molecule has 3 rings (SSSR count). The van der Waals surface area contributed by atoms with E-state index < -0.39 is 6.17 Å². The Bertz CT molecular complexity index is 431. The minimum Gasteiger partial charge on any atom is -0.247 e. The van der Waals surface area contributed by atoms with Crippen LogP contribution in [-0.2, 0) is 0 Å². The third-order valence-electron chi connectivity index (χ3n) is 9.80. The molecule has 0 radical (unpaired) electrons. The lowest BCUT2D eigenvalue weighted by molar-refractivity contribution is 0.0475. The summed E-state index contributed by atoms with van der Waals surface area (Å²) in [5.41, 5.74) is 0. The molecule has 5 unspecified atom stereocenters. The van der Waals surface area contributed by atoms with Crippen LogP contribution in [-0.4, -0.2) is 6.17 Å². The van der Waals surface area contributed by atoms with E-state index in [4.69, 9.17) is 0 Å². The molecule has 0 N–H and O–H groups in total. The van der Waals surface area contributed by atoms with E-state index in [2.05, 4.69) is 27.7 Å². The van der Waals surface area contributed by atoms with E-state index in [9.17, 15) is 4.39 Å². The van der Waals surface area contributed by atoms with Gasteiger partial charge in [0.25, 0.3) is 0 Å². The van der Waals surface area contributed by atoms with Crippen LogP contribution in [0.4, 0.5) is 4.39 Å². The van der Waals surface area contributed by atoms with Crippen LogP contribution >= 0.6 is 0 Å². The van der Waals surface area contributed by atoms with Gasteiger partial charge in [0.1, 0.15) is 6.17 Å². The highest BCUT2D eigenvalue weighted by molar-refractivity contribution is 4.87. The summed E-state index contributed by atoms with van der Waals surface area (Å²) >= 11 is 0. The molecule has 0 aliphatic heterocycles. The van der Waals surface area contributed by atoms with Gasteiger partial charge in [-0.05, 0) is 85.9 Å². The molecule has 0 aromatic carbocycles. The first-order valence-corrected chi connectivity index (χ1v) is 15.6. The number of halogens is 1. The van der Waals surface area contributed by atoms with Gasteiger partial charge in [-0.1, -0.05) is 113 Å². The van der Waals surface area contributed by atoms with Crippen LogP contribution in [0.3, 0.4) is 0 Å². The topological polar surface area (TPSA) is 0 Å². The molecular weight excluding hydrogens is 403 g/mol. The van der Waals surface area contributed by atoms with Crippen molar-refractivity contribution in [2.75, 3.05) is 0 Å². The third-order valence-corrected chi connectivity index (χ3v) is 9.80. The van der Waals surface area contributed by atoms with Gasteiger partial charge in [0.2, 0.25) is 0 Å². The smallest absolute Gasteiger partial charge is 0.103 e. The molecule has 0 aromatic rings. The molecule has 0 heterocycles. The van der Waals surface area contributed by atoms with Gasteiger partial charge in [-0.25, -0.2) is 4.39 Å². The molecule has 0 saturated heterocycles. The van der Waals surface area contributed by atoms with E-state index in [1.807, 2.05) is 27.7 Å². The average molecular weight is 467 g/mol. The summed E-state index contributed by atoms with van der Waals surface area (Å²) in [6, 6.07) is 0. The predicted octanol–water partition coefficient (Wildman–Crippen LogP) is 11.3. The van der Waals surface area contributed by atoms with Crippen molar-refractivity contribution in [1.82, 2.24) is 0 Å². The second kappa shape index (κ2) is 17.4. The Kier molecular flexibility index (Phi) is 16.3. The standard InChI is InChI=1S/C28H51F.2C2H6/c1-5-7-24(25-14-10-20(2)11-15-25)9-6-8-23-12-16-26(17-13-23)27-18-21(3)22(4)28(29)19-27;2*1-2/h20-28H,5-19H2,1-4H3;2*1-2H3. The van der Waals surface area contributed by atoms with E-state index in [0.717, 1.165) is 36.0 Å². The van der Waals surface area contributed by atoms with Gasteiger partial charge in [0.15, 0.2) is 0 Å². The third kappa shape index (κ3) is 10.2. The molecule has 33 heavy (non-hydrogen) atoms. The fraction of sp³-hybridized carbons (Fsp3) is 1.00. The largest absolute Gasteiger partial charge is 0.247 e. The van der Waals surface area contributed by atoms with Crippen LogP contribution in [0.25, 0.3) is 0 Å². The van der Waals surface area contributed by atoms with Crippen molar-refractivity contribution in [3.05, 3.63) is 0 Å². The minimum atomic E-state index is -0.542. The summed E-state index contributed by atoms with van der Waals surface area (Å²) in [5.74, 6) is 6.37. The summed E-state index contributed by atoms with van der Waals surface area (Å²) in [6.07, 6.45) is 20.5. The molecule has 0 amide bonds. The van der Waals surface area contributed by atoms with Crippen LogP contribution in [0.5, 0.6) is 0 Å². The molecule has 5 atom stereocenters. The van der Waals surface area contributed by atoms with E-state index in [0.29, 0.717) is 11.8 Å². The van der Waals surface area contributed by atoms with Gasteiger partial charge in [0, 0.05) is 0 Å². The Morgan fingerprint density at radius 3 is 1.88 bits per heavy atom. The highest BCUT2D eigenvalue weighted by Crippen LogP contribution is 2.45. The molecule has 1 heteroatoms. The Morgan fingerprint density at radius 1 is 0.727 bits per heavy atom. The maximum atomic E-state index is 14.4. The summed E-state index contributed by atoms with van der Waals surface area (Å²) in [6.45, 7) is 17.2. The van der Waals surface area contributed by atoms with Gasteiger partial charge in [0.05, 0.1) is 0 Å². The molecule has 0 nitrogen and oxygen atoms in total. The van der Waals surface area contributed by atoms with Gasteiger partial charge in [-0.15, -0.1) is 0 Å². The van der Waals surface area contributed by atoms with Crippen molar-refractivity contribution in [2.24, 2.45) is 47.3 Å². The molecule has 3 aliphatic rings. The van der Waals surface area contributed by atoms with Crippen LogP contribution in [0, 0.1) is 47.3 Å². The zero-order valence-corrected chi connectivity index (χ0v) is 24.2. The van der Waals surface area contributed by atoms with E-state index >= 15 is 0 Å². The second-order valence-electron chi connectivity index (χ2n) is 11.9. The van der Waals surface area contributed by atoms with Crippen LogP contribution in [0.2, 0.25) is 0 Å². The highest BCUT2D eigenvalue weighted by Gasteiger charge is 2.37. The number of hydrogen-bond acceptors (Lipinski definition) is 0. The first-order chi connectivity index (χ1) is 16.0. The molecule has 198 valence electrons. The van der Waals surface area contributed by atoms with Crippen molar-refractivity contribution in [2.45, 2.75) is 158 Å². The fourth-order valence-corrected chi connectivity index (χ4v) is 7.39. The first-order valence-electron chi connectivity index (χ1n) is 15.6. The SMILES string of the molecule is CC.CC.CCCC(CCCC1CCC(C2CC(C)C(C)C(F)C2)CC1)C1CCC(C)CC1. The Morgan fingerprint density at radius 2 is 1.33 bits per heavy atom. The molecular formula is C32H63F. The monoisotopic (exact) mass is 466 g/mol. The molecule has 3 fully saturated rings. The lowest BCUT2D eigenvalue weighted by atomic mass is 9.65. The summed E-state index contributed by atoms with van der Waals surface area (Å²) in [4.78, 5) is 0. The summed E-state index contributed by atoms with van der Waals surface area (Å²) in [7, 11) is 0. The van der Waals surface area contributed by atoms with E-state index in [1.54, 1.807) is 0 Å². The van der Waals surface area contributed by atoms with Crippen molar-refractivity contribution in [3.63, 3.8) is 0 Å². The quantitative estimate of drug-likeness (QED) is 0.333. The number of rotatable bonds is 8. The maximum absolute atomic E-state index is 14.4. The Hall–Kier alpha value is -0.0700. The normalized spacial score (nSPS) is 37.7.